The summed E-state index contributed by atoms with van der Waals surface area (Å²) in [6, 6.07) is 4.41. The zero-order chi connectivity index (χ0) is 24.9. The minimum atomic E-state index is -0.394. The lowest BCUT2D eigenvalue weighted by molar-refractivity contribution is 0.193. The van der Waals surface area contributed by atoms with Crippen molar-refractivity contribution in [2.75, 3.05) is 25.9 Å². The molecule has 3 aliphatic rings. The first-order chi connectivity index (χ1) is 17.5. The van der Waals surface area contributed by atoms with Crippen molar-refractivity contribution in [2.24, 2.45) is 0 Å². The summed E-state index contributed by atoms with van der Waals surface area (Å²) < 4.78 is 12.2. The molecule has 3 aromatic heterocycles. The van der Waals surface area contributed by atoms with Crippen LogP contribution >= 0.6 is 22.9 Å². The highest BCUT2D eigenvalue weighted by atomic mass is 35.5. The molecule has 1 aliphatic heterocycles. The first-order valence-electron chi connectivity index (χ1n) is 12.7. The maximum atomic E-state index is 9.96. The minimum Gasteiger partial charge on any atom is -0.476 e. The van der Waals surface area contributed by atoms with Gasteiger partial charge in [-0.2, -0.15) is 10.2 Å². The number of likely N-dealkylation sites (N-methyl/N-ethyl adjacent to an activating group) is 1. The smallest absolute Gasteiger partial charge is 0.218 e. The number of fused-ring (bicyclic) bond motifs is 4. The molecular weight excluding hydrogens is 496 g/mol. The Kier molecular flexibility index (Phi) is 6.14. The van der Waals surface area contributed by atoms with Gasteiger partial charge in [0, 0.05) is 22.5 Å². The second kappa shape index (κ2) is 9.33. The van der Waals surface area contributed by atoms with E-state index in [1.54, 1.807) is 17.4 Å². The normalized spacial score (nSPS) is 23.8. The molecule has 36 heavy (non-hydrogen) atoms. The van der Waals surface area contributed by atoms with E-state index in [9.17, 15) is 5.26 Å². The van der Waals surface area contributed by atoms with Gasteiger partial charge in [0.2, 0.25) is 5.88 Å². The Bertz CT molecular complexity index is 1350. The molecule has 2 unspecified atom stereocenters. The lowest BCUT2D eigenvalue weighted by Crippen LogP contribution is -2.32. The summed E-state index contributed by atoms with van der Waals surface area (Å²) >= 11 is 7.95. The number of likely N-dealkylation sites (tertiary alicyclic amines) is 1. The second-order valence-corrected chi connectivity index (χ2v) is 11.7. The minimum absolute atomic E-state index is 0.312. The van der Waals surface area contributed by atoms with Crippen LogP contribution in [0.1, 0.15) is 72.3 Å². The van der Waals surface area contributed by atoms with Crippen LogP contribution in [0.3, 0.4) is 0 Å². The van der Waals surface area contributed by atoms with Crippen LogP contribution in [-0.4, -0.2) is 46.3 Å². The van der Waals surface area contributed by atoms with Crippen molar-refractivity contribution in [2.45, 2.75) is 69.2 Å². The second-order valence-electron chi connectivity index (χ2n) is 10.2. The van der Waals surface area contributed by atoms with Gasteiger partial charge in [0.25, 0.3) is 0 Å². The van der Waals surface area contributed by atoms with Gasteiger partial charge in [-0.1, -0.05) is 23.2 Å². The van der Waals surface area contributed by atoms with Crippen LogP contribution < -0.4 is 10.5 Å². The quantitative estimate of drug-likeness (QED) is 0.467. The predicted octanol–water partition coefficient (Wildman–Crippen LogP) is 5.12. The van der Waals surface area contributed by atoms with Gasteiger partial charge in [-0.15, -0.1) is 11.3 Å². The van der Waals surface area contributed by atoms with Crippen LogP contribution in [0, 0.1) is 11.3 Å². The molecule has 8 nitrogen and oxygen atoms in total. The summed E-state index contributed by atoms with van der Waals surface area (Å²) in [4.78, 5) is 12.7. The van der Waals surface area contributed by atoms with E-state index in [0.717, 1.165) is 74.8 Å². The molecule has 0 saturated carbocycles. The molecule has 0 bridgehead atoms. The topological polar surface area (TPSA) is 114 Å². The molecule has 3 aromatic rings. The molecule has 0 amide bonds. The SMILES string of the molecule is CN1CCCC1COc1cc(Cl)nc(-c2noc3c2CCCCC32CCCc3sc(N)c(C#N)c32)n1. The molecule has 188 valence electrons. The molecule has 2 atom stereocenters. The fourth-order valence-corrected chi connectivity index (χ4v) is 7.66. The first kappa shape index (κ1) is 23.7. The third kappa shape index (κ3) is 3.87. The number of nitrogen functional groups attached to an aromatic ring is 1. The largest absolute Gasteiger partial charge is 0.476 e. The van der Waals surface area contributed by atoms with Crippen molar-refractivity contribution in [3.05, 3.63) is 38.5 Å². The number of thiophene rings is 1. The van der Waals surface area contributed by atoms with Gasteiger partial charge in [-0.25, -0.2) is 4.98 Å². The number of halogens is 1. The number of nitrogens with zero attached hydrogens (tertiary/aromatic N) is 5. The van der Waals surface area contributed by atoms with Crippen molar-refractivity contribution in [1.82, 2.24) is 20.0 Å². The third-order valence-corrected chi connectivity index (χ3v) is 9.36. The molecule has 1 saturated heterocycles. The molecule has 4 heterocycles. The van der Waals surface area contributed by atoms with Gasteiger partial charge < -0.3 is 19.9 Å². The number of hydrogen-bond acceptors (Lipinski definition) is 9. The Hall–Kier alpha value is -2.67. The standard InChI is InChI=1S/C26H29ClN6O2S/c1-33-11-5-6-15(33)14-34-20-12-19(27)30-25(31-20)22-16-7-2-3-9-26(23(16)35-32-22)10-4-8-18-21(26)17(13-28)24(29)36-18/h12,15H,2-11,14,29H2,1H3. The molecule has 1 fully saturated rings. The third-order valence-electron chi connectivity index (χ3n) is 8.09. The summed E-state index contributed by atoms with van der Waals surface area (Å²) in [6.07, 6.45) is 8.91. The Balaban J connectivity index is 1.40. The lowest BCUT2D eigenvalue weighted by atomic mass is 9.66. The molecular formula is C26H29ClN6O2S. The highest BCUT2D eigenvalue weighted by Gasteiger charge is 2.47. The number of nitrogens with two attached hydrogens (primary N) is 1. The van der Waals surface area contributed by atoms with Crippen LogP contribution in [-0.2, 0) is 18.3 Å². The number of ether oxygens (including phenoxy) is 1. The van der Waals surface area contributed by atoms with E-state index < -0.39 is 5.41 Å². The average Bonchev–Trinajstić information content (AvgIpc) is 3.53. The van der Waals surface area contributed by atoms with E-state index in [0.29, 0.717) is 45.8 Å². The van der Waals surface area contributed by atoms with E-state index in [-0.39, 0.29) is 0 Å². The zero-order valence-electron chi connectivity index (χ0n) is 20.3. The van der Waals surface area contributed by atoms with Crippen LogP contribution in [0.2, 0.25) is 5.15 Å². The molecule has 10 heteroatoms. The van der Waals surface area contributed by atoms with Crippen molar-refractivity contribution in [3.63, 3.8) is 0 Å². The van der Waals surface area contributed by atoms with Gasteiger partial charge in [-0.3, -0.25) is 0 Å². The number of nitriles is 1. The fourth-order valence-electron chi connectivity index (χ4n) is 6.33. The van der Waals surface area contributed by atoms with Crippen LogP contribution in [0.4, 0.5) is 5.00 Å². The number of aromatic nitrogens is 3. The summed E-state index contributed by atoms with van der Waals surface area (Å²) in [7, 11) is 2.12. The number of anilines is 1. The Labute approximate surface area is 219 Å². The summed E-state index contributed by atoms with van der Waals surface area (Å²) in [5.41, 5.74) is 9.19. The Morgan fingerprint density at radius 2 is 2.14 bits per heavy atom. The van der Waals surface area contributed by atoms with Crippen LogP contribution in [0.25, 0.3) is 11.5 Å². The van der Waals surface area contributed by atoms with E-state index >= 15 is 0 Å². The van der Waals surface area contributed by atoms with Gasteiger partial charge in [0.1, 0.15) is 22.8 Å². The highest BCUT2D eigenvalue weighted by molar-refractivity contribution is 7.16. The van der Waals surface area contributed by atoms with E-state index in [4.69, 9.17) is 26.6 Å². The molecule has 2 aliphatic carbocycles. The maximum absolute atomic E-state index is 9.96. The fraction of sp³-hybridized carbons (Fsp3) is 0.538. The van der Waals surface area contributed by atoms with Crippen molar-refractivity contribution >= 4 is 27.9 Å². The van der Waals surface area contributed by atoms with Crippen molar-refractivity contribution in [1.29, 1.82) is 5.26 Å². The lowest BCUT2D eigenvalue weighted by Gasteiger charge is -2.35. The van der Waals surface area contributed by atoms with Gasteiger partial charge in [-0.05, 0) is 70.5 Å². The number of hydrogen-bond donors (Lipinski definition) is 1. The predicted molar refractivity (Wildman–Crippen MR) is 138 cm³/mol. The van der Waals surface area contributed by atoms with Gasteiger partial charge >= 0.3 is 0 Å². The van der Waals surface area contributed by atoms with Crippen molar-refractivity contribution < 1.29 is 9.26 Å². The van der Waals surface area contributed by atoms with E-state index in [1.807, 2.05) is 0 Å². The Morgan fingerprint density at radius 1 is 1.28 bits per heavy atom. The molecule has 2 N–H and O–H groups in total. The van der Waals surface area contributed by atoms with E-state index in [1.165, 1.54) is 11.3 Å². The van der Waals surface area contributed by atoms with Gasteiger partial charge in [0.05, 0.1) is 11.0 Å². The number of aryl methyl sites for hydroxylation is 1. The number of rotatable bonds is 4. The molecule has 0 aromatic carbocycles. The van der Waals surface area contributed by atoms with Crippen LogP contribution in [0.5, 0.6) is 5.88 Å². The average molecular weight is 525 g/mol. The summed E-state index contributed by atoms with van der Waals surface area (Å²) in [5.74, 6) is 1.70. The highest BCUT2D eigenvalue weighted by Crippen LogP contribution is 2.54. The van der Waals surface area contributed by atoms with E-state index in [2.05, 4.69) is 33.1 Å². The summed E-state index contributed by atoms with van der Waals surface area (Å²) in [6.45, 7) is 1.64. The zero-order valence-corrected chi connectivity index (χ0v) is 21.9. The first-order valence-corrected chi connectivity index (χ1v) is 13.9. The van der Waals surface area contributed by atoms with Crippen molar-refractivity contribution in [3.8, 4) is 23.5 Å². The maximum Gasteiger partial charge on any atom is 0.218 e. The molecule has 1 spiro atoms. The molecule has 6 rings (SSSR count). The van der Waals surface area contributed by atoms with Gasteiger partial charge in [0.15, 0.2) is 17.3 Å². The summed E-state index contributed by atoms with van der Waals surface area (Å²) in [5, 5.41) is 15.4. The monoisotopic (exact) mass is 524 g/mol. The Morgan fingerprint density at radius 3 is 2.94 bits per heavy atom. The van der Waals surface area contributed by atoms with Crippen LogP contribution in [0.15, 0.2) is 10.6 Å². The molecule has 0 radical (unpaired) electrons.